The van der Waals surface area contributed by atoms with Crippen LogP contribution in [0.5, 0.6) is 5.75 Å². The molecule has 0 saturated heterocycles. The summed E-state index contributed by atoms with van der Waals surface area (Å²) in [5, 5.41) is 10.4. The fourth-order valence-corrected chi connectivity index (χ4v) is 4.31. The van der Waals surface area contributed by atoms with Gasteiger partial charge in [-0.15, -0.1) is 0 Å². The molecule has 1 atom stereocenters. The van der Waals surface area contributed by atoms with E-state index in [0.29, 0.717) is 44.3 Å². The van der Waals surface area contributed by atoms with Crippen LogP contribution in [0, 0.1) is 11.3 Å². The van der Waals surface area contributed by atoms with E-state index in [4.69, 9.17) is 26.8 Å². The molecule has 0 aliphatic carbocycles. The summed E-state index contributed by atoms with van der Waals surface area (Å²) < 4.78 is 11.0. The van der Waals surface area contributed by atoms with Gasteiger partial charge in [0.1, 0.15) is 22.5 Å². The number of esters is 1. The minimum absolute atomic E-state index is 0.244. The molecule has 1 aromatic carbocycles. The first-order valence-electron chi connectivity index (χ1n) is 9.08. The van der Waals surface area contributed by atoms with Gasteiger partial charge in [0.25, 0.3) is 0 Å². The van der Waals surface area contributed by atoms with Crippen molar-refractivity contribution < 1.29 is 14.3 Å². The fourth-order valence-electron chi connectivity index (χ4n) is 3.15. The predicted octanol–water partition coefficient (Wildman–Crippen LogP) is 4.08. The monoisotopic (exact) mass is 432 g/mol. The SMILES string of the molecule is CCOc1ccc([C@H]2C(C(=O)OC(C)C)=C(C)N=C3SC(C#N)=C(N)N32)cc1Cl. The lowest BCUT2D eigenvalue weighted by Gasteiger charge is -2.35. The van der Waals surface area contributed by atoms with Gasteiger partial charge in [-0.2, -0.15) is 5.26 Å². The first-order valence-corrected chi connectivity index (χ1v) is 10.3. The van der Waals surface area contributed by atoms with Crippen molar-refractivity contribution in [2.24, 2.45) is 10.7 Å². The third-order valence-corrected chi connectivity index (χ3v) is 5.58. The lowest BCUT2D eigenvalue weighted by atomic mass is 9.94. The van der Waals surface area contributed by atoms with E-state index in [-0.39, 0.29) is 11.9 Å². The number of ether oxygens (including phenoxy) is 2. The number of nitrogens with zero attached hydrogens (tertiary/aromatic N) is 3. The van der Waals surface area contributed by atoms with Gasteiger partial charge in [-0.25, -0.2) is 9.79 Å². The Morgan fingerprint density at radius 3 is 2.79 bits per heavy atom. The van der Waals surface area contributed by atoms with Crippen LogP contribution >= 0.6 is 23.4 Å². The molecule has 0 bridgehead atoms. The zero-order valence-electron chi connectivity index (χ0n) is 16.5. The third kappa shape index (κ3) is 3.93. The molecule has 2 N–H and O–H groups in total. The summed E-state index contributed by atoms with van der Waals surface area (Å²) in [7, 11) is 0. The van der Waals surface area contributed by atoms with Gasteiger partial charge < -0.3 is 15.2 Å². The Labute approximate surface area is 178 Å². The number of hydrogen-bond donors (Lipinski definition) is 1. The van der Waals surface area contributed by atoms with Gasteiger partial charge in [0, 0.05) is 0 Å². The van der Waals surface area contributed by atoms with Crippen molar-refractivity contribution >= 4 is 34.5 Å². The van der Waals surface area contributed by atoms with Crippen LogP contribution in [0.3, 0.4) is 0 Å². The van der Waals surface area contributed by atoms with Crippen LogP contribution in [0.4, 0.5) is 0 Å². The van der Waals surface area contributed by atoms with Crippen molar-refractivity contribution in [3.05, 3.63) is 50.8 Å². The molecule has 0 amide bonds. The van der Waals surface area contributed by atoms with Crippen molar-refractivity contribution in [1.82, 2.24) is 4.90 Å². The topological polar surface area (TPSA) is 101 Å². The Morgan fingerprint density at radius 2 is 2.21 bits per heavy atom. The lowest BCUT2D eigenvalue weighted by molar-refractivity contribution is -0.143. The van der Waals surface area contributed by atoms with E-state index in [1.54, 1.807) is 37.8 Å². The van der Waals surface area contributed by atoms with Crippen LogP contribution < -0.4 is 10.5 Å². The number of nitriles is 1. The van der Waals surface area contributed by atoms with Crippen LogP contribution in [0.2, 0.25) is 5.02 Å². The first kappa shape index (κ1) is 21.1. The van der Waals surface area contributed by atoms with Gasteiger partial charge in [-0.1, -0.05) is 17.7 Å². The zero-order valence-corrected chi connectivity index (χ0v) is 18.1. The Kier molecular flexibility index (Phi) is 6.10. The Hall–Kier alpha value is -2.63. The maximum atomic E-state index is 12.9. The standard InChI is InChI=1S/C20H21ClN4O3S/c1-5-27-14-7-6-12(8-13(14)21)17-16(19(26)28-10(2)3)11(4)24-20-25(17)18(23)15(9-22)29-20/h6-8,10,17H,5,23H2,1-4H3/t17-/m0/s1. The number of nitrogens with two attached hydrogens (primary N) is 1. The summed E-state index contributed by atoms with van der Waals surface area (Å²) in [6, 6.07) is 6.77. The van der Waals surface area contributed by atoms with Gasteiger partial charge in [0.2, 0.25) is 0 Å². The summed E-state index contributed by atoms with van der Waals surface area (Å²) in [6.07, 6.45) is -0.298. The number of benzene rings is 1. The molecule has 0 saturated carbocycles. The highest BCUT2D eigenvalue weighted by atomic mass is 35.5. The van der Waals surface area contributed by atoms with E-state index < -0.39 is 12.0 Å². The summed E-state index contributed by atoms with van der Waals surface area (Å²) in [6.45, 7) is 7.65. The number of hydrogen-bond acceptors (Lipinski definition) is 8. The van der Waals surface area contributed by atoms with Crippen LogP contribution in [-0.2, 0) is 9.53 Å². The minimum atomic E-state index is -0.625. The lowest BCUT2D eigenvalue weighted by Crippen LogP contribution is -2.39. The quantitative estimate of drug-likeness (QED) is 0.699. The van der Waals surface area contributed by atoms with Gasteiger partial charge in [-0.3, -0.25) is 4.90 Å². The Balaban J connectivity index is 2.16. The molecule has 2 aliphatic heterocycles. The minimum Gasteiger partial charge on any atom is -0.492 e. The molecule has 9 heteroatoms. The van der Waals surface area contributed by atoms with Crippen molar-refractivity contribution in [2.75, 3.05) is 6.61 Å². The summed E-state index contributed by atoms with van der Waals surface area (Å²) in [4.78, 5) is 19.5. The van der Waals surface area contributed by atoms with E-state index >= 15 is 0 Å². The predicted molar refractivity (Wildman–Crippen MR) is 113 cm³/mol. The van der Waals surface area contributed by atoms with Crippen LogP contribution in [0.15, 0.2) is 45.2 Å². The van der Waals surface area contributed by atoms with Gasteiger partial charge >= 0.3 is 5.97 Å². The van der Waals surface area contributed by atoms with Crippen molar-refractivity contribution in [3.63, 3.8) is 0 Å². The number of carbonyl (C=O) groups is 1. The highest BCUT2D eigenvalue weighted by Gasteiger charge is 2.43. The Morgan fingerprint density at radius 1 is 1.48 bits per heavy atom. The van der Waals surface area contributed by atoms with Crippen molar-refractivity contribution in [1.29, 1.82) is 5.26 Å². The van der Waals surface area contributed by atoms with E-state index in [1.165, 1.54) is 11.8 Å². The molecule has 0 aromatic heterocycles. The molecule has 3 rings (SSSR count). The highest BCUT2D eigenvalue weighted by Crippen LogP contribution is 2.46. The molecule has 1 aromatic rings. The maximum absolute atomic E-state index is 12.9. The van der Waals surface area contributed by atoms with Gasteiger partial charge in [-0.05, 0) is 57.2 Å². The number of carbonyl (C=O) groups excluding carboxylic acids is 1. The molecule has 0 unspecified atom stereocenters. The molecule has 7 nitrogen and oxygen atoms in total. The molecule has 152 valence electrons. The zero-order chi connectivity index (χ0) is 21.3. The van der Waals surface area contributed by atoms with E-state index in [9.17, 15) is 10.1 Å². The summed E-state index contributed by atoms with van der Waals surface area (Å²) in [5.74, 6) is 0.304. The second-order valence-corrected chi connectivity index (χ2v) is 8.06. The van der Waals surface area contributed by atoms with E-state index in [0.717, 1.165) is 0 Å². The number of rotatable bonds is 5. The largest absolute Gasteiger partial charge is 0.492 e. The molecule has 0 radical (unpaired) electrons. The van der Waals surface area contributed by atoms with Crippen LogP contribution in [-0.4, -0.2) is 28.7 Å². The summed E-state index contributed by atoms with van der Waals surface area (Å²) >= 11 is 7.58. The number of fused-ring (bicyclic) bond motifs is 1. The average molecular weight is 433 g/mol. The van der Waals surface area contributed by atoms with Crippen LogP contribution in [0.1, 0.15) is 39.3 Å². The smallest absolute Gasteiger partial charge is 0.338 e. The molecule has 0 spiro atoms. The highest BCUT2D eigenvalue weighted by molar-refractivity contribution is 8.17. The van der Waals surface area contributed by atoms with Gasteiger partial charge in [0.05, 0.1) is 35.0 Å². The fraction of sp³-hybridized carbons (Fsp3) is 0.350. The third-order valence-electron chi connectivity index (χ3n) is 4.31. The molecule has 2 aliphatic rings. The molecular weight excluding hydrogens is 412 g/mol. The van der Waals surface area contributed by atoms with Crippen molar-refractivity contribution in [3.8, 4) is 11.8 Å². The number of amidine groups is 1. The van der Waals surface area contributed by atoms with Gasteiger partial charge in [0.15, 0.2) is 5.17 Å². The van der Waals surface area contributed by atoms with E-state index in [1.807, 2.05) is 13.0 Å². The van der Waals surface area contributed by atoms with E-state index in [2.05, 4.69) is 11.1 Å². The molecule has 29 heavy (non-hydrogen) atoms. The van der Waals surface area contributed by atoms with Crippen LogP contribution in [0.25, 0.3) is 0 Å². The number of aliphatic imine (C=N–C) groups is 1. The second kappa shape index (κ2) is 8.39. The number of thioether (sulfide) groups is 1. The average Bonchev–Trinajstić information content (AvgIpc) is 2.97. The first-order chi connectivity index (χ1) is 13.8. The normalized spacial score (nSPS) is 18.6. The molecule has 2 heterocycles. The summed E-state index contributed by atoms with van der Waals surface area (Å²) in [5.41, 5.74) is 7.82. The van der Waals surface area contributed by atoms with Crippen molar-refractivity contribution in [2.45, 2.75) is 39.8 Å². The maximum Gasteiger partial charge on any atom is 0.338 e. The number of halogens is 1. The number of allylic oxidation sites excluding steroid dienone is 2. The molecule has 0 fully saturated rings. The molecular formula is C20H21ClN4O3S. The second-order valence-electron chi connectivity index (χ2n) is 6.67. The Bertz CT molecular complexity index is 994.